The van der Waals surface area contributed by atoms with Crippen LogP contribution < -0.4 is 10.2 Å². The van der Waals surface area contributed by atoms with Gasteiger partial charge in [-0.1, -0.05) is 18.2 Å². The number of allylic oxidation sites excluding steroid dienone is 1. The van der Waals surface area contributed by atoms with E-state index in [0.717, 1.165) is 25.0 Å². The molecule has 0 radical (unpaired) electrons. The van der Waals surface area contributed by atoms with Gasteiger partial charge in [0, 0.05) is 23.3 Å². The van der Waals surface area contributed by atoms with Crippen LogP contribution in [0.15, 0.2) is 59.8 Å². The van der Waals surface area contributed by atoms with Gasteiger partial charge in [-0.25, -0.2) is 4.79 Å². The van der Waals surface area contributed by atoms with Gasteiger partial charge in [0.2, 0.25) is 5.91 Å². The number of hydrogen-bond acceptors (Lipinski definition) is 5. The van der Waals surface area contributed by atoms with Crippen molar-refractivity contribution in [1.29, 1.82) is 10.7 Å². The number of amides is 1. The van der Waals surface area contributed by atoms with Crippen LogP contribution in [0.3, 0.4) is 0 Å². The summed E-state index contributed by atoms with van der Waals surface area (Å²) in [5.74, 6) is -3.68. The predicted molar refractivity (Wildman–Crippen MR) is 130 cm³/mol. The van der Waals surface area contributed by atoms with Crippen LogP contribution in [0.2, 0.25) is 0 Å². The summed E-state index contributed by atoms with van der Waals surface area (Å²) in [6, 6.07) is 12.7. The summed E-state index contributed by atoms with van der Waals surface area (Å²) in [6.07, 6.45) is -3.06. The van der Waals surface area contributed by atoms with Crippen LogP contribution in [0.1, 0.15) is 49.3 Å². The third-order valence-corrected chi connectivity index (χ3v) is 6.44. The zero-order chi connectivity index (χ0) is 26.9. The number of nitriles is 1. The Hall–Kier alpha value is -4.13. The molecule has 4 rings (SSSR count). The van der Waals surface area contributed by atoms with Crippen LogP contribution in [0.4, 0.5) is 18.9 Å². The molecule has 7 nitrogen and oxygen atoms in total. The minimum atomic E-state index is -4.62. The summed E-state index contributed by atoms with van der Waals surface area (Å²) < 4.78 is 45.8. The zero-order valence-corrected chi connectivity index (χ0v) is 20.2. The van der Waals surface area contributed by atoms with Crippen LogP contribution in [0.5, 0.6) is 0 Å². The lowest BCUT2D eigenvalue weighted by Crippen LogP contribution is -2.51. The minimum absolute atomic E-state index is 0.00150. The predicted octanol–water partition coefficient (Wildman–Crippen LogP) is 4.89. The first kappa shape index (κ1) is 25.9. The molecule has 1 aliphatic heterocycles. The summed E-state index contributed by atoms with van der Waals surface area (Å²) in [6.45, 7) is 3.18. The number of alkyl halides is 3. The van der Waals surface area contributed by atoms with Crippen LogP contribution >= 0.6 is 0 Å². The fourth-order valence-corrected chi connectivity index (χ4v) is 4.55. The van der Waals surface area contributed by atoms with Gasteiger partial charge in [0.25, 0.3) is 0 Å². The highest BCUT2D eigenvalue weighted by Gasteiger charge is 2.47. The molecule has 0 saturated heterocycles. The summed E-state index contributed by atoms with van der Waals surface area (Å²) in [7, 11) is 0. The van der Waals surface area contributed by atoms with E-state index in [9.17, 15) is 28.0 Å². The zero-order valence-electron chi connectivity index (χ0n) is 20.2. The van der Waals surface area contributed by atoms with E-state index in [4.69, 9.17) is 10.1 Å². The van der Waals surface area contributed by atoms with Crippen molar-refractivity contribution in [3.8, 4) is 6.07 Å². The maximum Gasteiger partial charge on any atom is 0.416 e. The standard InChI is InChI=1S/C27H25F3N4O3/c1-3-37-26(36)21-15(2)34(20-6-4-5-18(13-20)27(28,29)30)24(32)23(25(35)33-19-11-12-19)22(21)17-9-7-16(14-31)8-10-17/h4-10,13,19,22-23,32H,3,11-12H2,1-2H3,(H,33,35). The summed E-state index contributed by atoms with van der Waals surface area (Å²) >= 11 is 0. The van der Waals surface area contributed by atoms with Gasteiger partial charge in [-0.3, -0.25) is 10.2 Å². The fourth-order valence-electron chi connectivity index (χ4n) is 4.55. The largest absolute Gasteiger partial charge is 0.463 e. The second-order valence-corrected chi connectivity index (χ2v) is 8.96. The van der Waals surface area contributed by atoms with Crippen LogP contribution in [0, 0.1) is 22.7 Å². The number of esters is 1. The Kier molecular flexibility index (Phi) is 7.07. The highest BCUT2D eigenvalue weighted by Crippen LogP contribution is 2.44. The number of anilines is 1. The van der Waals surface area contributed by atoms with E-state index in [-0.39, 0.29) is 35.4 Å². The van der Waals surface area contributed by atoms with E-state index < -0.39 is 35.5 Å². The van der Waals surface area contributed by atoms with E-state index >= 15 is 0 Å². The van der Waals surface area contributed by atoms with E-state index in [1.165, 1.54) is 24.0 Å². The highest BCUT2D eigenvalue weighted by molar-refractivity contribution is 6.15. The van der Waals surface area contributed by atoms with Gasteiger partial charge in [-0.2, -0.15) is 18.4 Å². The first-order valence-electron chi connectivity index (χ1n) is 11.8. The lowest BCUT2D eigenvalue weighted by molar-refractivity contribution is -0.139. The number of carbonyl (C=O) groups excluding carboxylic acids is 2. The molecule has 0 spiro atoms. The van der Waals surface area contributed by atoms with Crippen molar-refractivity contribution in [2.24, 2.45) is 5.92 Å². The van der Waals surface area contributed by atoms with E-state index in [1.54, 1.807) is 31.2 Å². The molecule has 2 N–H and O–H groups in total. The molecule has 2 aromatic carbocycles. The number of amidine groups is 1. The first-order chi connectivity index (χ1) is 17.6. The van der Waals surface area contributed by atoms with Crippen molar-refractivity contribution < 1.29 is 27.5 Å². The second kappa shape index (κ2) is 10.1. The fraction of sp³-hybridized carbons (Fsp3) is 0.333. The number of benzene rings is 2. The van der Waals surface area contributed by atoms with Gasteiger partial charge in [0.15, 0.2) is 0 Å². The Morgan fingerprint density at radius 2 is 1.86 bits per heavy atom. The number of ether oxygens (including phenoxy) is 1. The molecule has 37 heavy (non-hydrogen) atoms. The van der Waals surface area contributed by atoms with Gasteiger partial charge >= 0.3 is 12.1 Å². The second-order valence-electron chi connectivity index (χ2n) is 8.96. The summed E-state index contributed by atoms with van der Waals surface area (Å²) in [5.41, 5.74) is 0.213. The quantitative estimate of drug-likeness (QED) is 0.539. The van der Waals surface area contributed by atoms with Crippen molar-refractivity contribution in [2.75, 3.05) is 11.5 Å². The van der Waals surface area contributed by atoms with Crippen LogP contribution in [0.25, 0.3) is 0 Å². The van der Waals surface area contributed by atoms with E-state index in [1.807, 2.05) is 6.07 Å². The number of rotatable bonds is 6. The first-order valence-corrected chi connectivity index (χ1v) is 11.8. The number of halogens is 3. The maximum absolute atomic E-state index is 13.5. The third kappa shape index (κ3) is 5.21. The molecule has 2 unspecified atom stereocenters. The molecule has 0 aromatic heterocycles. The smallest absolute Gasteiger partial charge is 0.416 e. The van der Waals surface area contributed by atoms with E-state index in [0.29, 0.717) is 11.1 Å². The lowest BCUT2D eigenvalue weighted by Gasteiger charge is -2.41. The van der Waals surface area contributed by atoms with Crippen molar-refractivity contribution in [3.05, 3.63) is 76.5 Å². The molecule has 0 bridgehead atoms. The normalized spacial score (nSPS) is 19.9. The molecular formula is C27H25F3N4O3. The van der Waals surface area contributed by atoms with Gasteiger partial charge in [0.05, 0.1) is 29.4 Å². The lowest BCUT2D eigenvalue weighted by atomic mass is 9.75. The Balaban J connectivity index is 1.93. The SMILES string of the molecule is CCOC(=O)C1=C(C)N(c2cccc(C(F)(F)F)c2)C(=N)C(C(=O)NC2CC2)C1c1ccc(C#N)cc1. The number of nitrogens with zero attached hydrogens (tertiary/aromatic N) is 2. The Morgan fingerprint density at radius 3 is 2.43 bits per heavy atom. The van der Waals surface area contributed by atoms with Gasteiger partial charge in [-0.15, -0.1) is 0 Å². The molecule has 2 aliphatic rings. The average Bonchev–Trinajstić information content (AvgIpc) is 3.67. The van der Waals surface area contributed by atoms with Crippen molar-refractivity contribution in [2.45, 2.75) is 44.8 Å². The molecule has 2 aromatic rings. The molecule has 10 heteroatoms. The maximum atomic E-state index is 13.5. The Labute approximate surface area is 212 Å². The molecule has 1 saturated carbocycles. The van der Waals surface area contributed by atoms with Crippen LogP contribution in [-0.4, -0.2) is 30.4 Å². The van der Waals surface area contributed by atoms with Crippen molar-refractivity contribution >= 4 is 23.4 Å². The Morgan fingerprint density at radius 1 is 1.19 bits per heavy atom. The summed E-state index contributed by atoms with van der Waals surface area (Å²) in [4.78, 5) is 28.0. The third-order valence-electron chi connectivity index (χ3n) is 6.44. The molecule has 1 heterocycles. The molecule has 2 atom stereocenters. The van der Waals surface area contributed by atoms with Gasteiger partial charge in [-0.05, 0) is 62.6 Å². The topological polar surface area (TPSA) is 106 Å². The minimum Gasteiger partial charge on any atom is -0.463 e. The molecule has 1 amide bonds. The van der Waals surface area contributed by atoms with Crippen molar-refractivity contribution in [3.63, 3.8) is 0 Å². The molecular weight excluding hydrogens is 485 g/mol. The Bertz CT molecular complexity index is 1310. The monoisotopic (exact) mass is 510 g/mol. The molecule has 1 aliphatic carbocycles. The highest BCUT2D eigenvalue weighted by atomic mass is 19.4. The van der Waals surface area contributed by atoms with Gasteiger partial charge < -0.3 is 15.0 Å². The number of hydrogen-bond donors (Lipinski definition) is 2. The van der Waals surface area contributed by atoms with E-state index in [2.05, 4.69) is 5.32 Å². The number of carbonyl (C=O) groups is 2. The number of nitrogens with one attached hydrogen (secondary N) is 2. The molecule has 1 fully saturated rings. The summed E-state index contributed by atoms with van der Waals surface area (Å²) in [5, 5.41) is 21.1. The average molecular weight is 511 g/mol. The van der Waals surface area contributed by atoms with Crippen molar-refractivity contribution in [1.82, 2.24) is 5.32 Å². The molecule has 192 valence electrons. The van der Waals surface area contributed by atoms with Gasteiger partial charge in [0.1, 0.15) is 11.8 Å². The van der Waals surface area contributed by atoms with Crippen LogP contribution in [-0.2, 0) is 20.5 Å².